The van der Waals surface area contributed by atoms with Crippen molar-refractivity contribution in [1.82, 2.24) is 9.78 Å². The van der Waals surface area contributed by atoms with E-state index in [0.717, 1.165) is 12.1 Å². The lowest BCUT2D eigenvalue weighted by Gasteiger charge is -2.28. The third-order valence-corrected chi connectivity index (χ3v) is 3.49. The van der Waals surface area contributed by atoms with Crippen molar-refractivity contribution in [2.45, 2.75) is 53.4 Å². The second-order valence-corrected chi connectivity index (χ2v) is 8.69. The van der Waals surface area contributed by atoms with Gasteiger partial charge in [-0.2, -0.15) is 5.10 Å². The van der Waals surface area contributed by atoms with Crippen LogP contribution < -0.4 is 0 Å². The number of aryl methyl sites for hydroxylation is 1. The third kappa shape index (κ3) is 4.79. The van der Waals surface area contributed by atoms with Crippen LogP contribution in [0.1, 0.15) is 49.6 Å². The topological polar surface area (TPSA) is 64.3 Å². The largest absolute Gasteiger partial charge is 0.476 e. The van der Waals surface area contributed by atoms with Crippen LogP contribution in [0.3, 0.4) is 0 Å². The van der Waals surface area contributed by atoms with Gasteiger partial charge in [-0.15, -0.1) is 0 Å². The first-order valence-corrected chi connectivity index (χ1v) is 9.33. The molecule has 1 rings (SSSR count). The molecule has 0 spiro atoms. The van der Waals surface area contributed by atoms with Crippen molar-refractivity contribution in [2.24, 2.45) is 5.41 Å². The summed E-state index contributed by atoms with van der Waals surface area (Å²) >= 11 is 0. The van der Waals surface area contributed by atoms with Gasteiger partial charge in [-0.3, -0.25) is 0 Å². The summed E-state index contributed by atoms with van der Waals surface area (Å²) in [6.07, 6.45) is 0.625. The van der Waals surface area contributed by atoms with Gasteiger partial charge >= 0.3 is 5.97 Å². The maximum atomic E-state index is 11.0. The van der Waals surface area contributed by atoms with E-state index in [1.807, 2.05) is 6.92 Å². The molecule has 19 heavy (non-hydrogen) atoms. The minimum Gasteiger partial charge on any atom is -0.476 e. The molecule has 6 heteroatoms. The summed E-state index contributed by atoms with van der Waals surface area (Å²) in [4.78, 5) is 11.0. The molecule has 1 aromatic rings. The molecule has 1 heterocycles. The molecule has 0 amide bonds. The summed E-state index contributed by atoms with van der Waals surface area (Å²) < 4.78 is 7.74. The van der Waals surface area contributed by atoms with Crippen LogP contribution in [-0.4, -0.2) is 29.9 Å². The Kier molecular flexibility index (Phi) is 4.92. The van der Waals surface area contributed by atoms with Crippen LogP contribution in [0.2, 0.25) is 13.1 Å². The summed E-state index contributed by atoms with van der Waals surface area (Å²) in [5, 5.41) is 13.2. The molecule has 0 saturated heterocycles. The molecule has 5 nitrogen and oxygen atoms in total. The van der Waals surface area contributed by atoms with E-state index in [9.17, 15) is 4.79 Å². The highest BCUT2D eigenvalue weighted by atomic mass is 28.3. The Balaban J connectivity index is 3.06. The van der Waals surface area contributed by atoms with Crippen LogP contribution in [0, 0.1) is 12.3 Å². The fraction of sp³-hybridized carbons (Fsp3) is 0.692. The minimum absolute atomic E-state index is 0.0745. The first-order valence-electron chi connectivity index (χ1n) is 6.55. The quantitative estimate of drug-likeness (QED) is 0.844. The van der Waals surface area contributed by atoms with Crippen LogP contribution in [-0.2, 0) is 4.43 Å². The number of aromatic nitrogens is 2. The highest BCUT2D eigenvalue weighted by Crippen LogP contribution is 2.29. The van der Waals surface area contributed by atoms with Gasteiger partial charge in [-0.25, -0.2) is 9.48 Å². The van der Waals surface area contributed by atoms with E-state index < -0.39 is 15.0 Å². The van der Waals surface area contributed by atoms with E-state index in [-0.39, 0.29) is 17.3 Å². The SMILES string of the molecule is Cc1cc(C(=O)O)nn1C(CC(C)(C)C)O[SiH](C)C. The first kappa shape index (κ1) is 15.9. The second-order valence-electron chi connectivity index (χ2n) is 6.32. The molecule has 108 valence electrons. The van der Waals surface area contributed by atoms with Gasteiger partial charge < -0.3 is 9.53 Å². The number of carboxylic acids is 1. The number of nitrogens with zero attached hydrogens (tertiary/aromatic N) is 2. The average Bonchev–Trinajstić information content (AvgIpc) is 2.56. The zero-order valence-electron chi connectivity index (χ0n) is 12.6. The van der Waals surface area contributed by atoms with E-state index >= 15 is 0 Å². The number of aromatic carboxylic acids is 1. The maximum absolute atomic E-state index is 11.0. The first-order chi connectivity index (χ1) is 8.60. The molecule has 0 aromatic carbocycles. The summed E-state index contributed by atoms with van der Waals surface area (Å²) in [5.41, 5.74) is 0.988. The zero-order valence-corrected chi connectivity index (χ0v) is 13.8. The van der Waals surface area contributed by atoms with E-state index in [2.05, 4.69) is 39.0 Å². The molecule has 0 fully saturated rings. The Morgan fingerprint density at radius 1 is 1.53 bits per heavy atom. The summed E-state index contributed by atoms with van der Waals surface area (Å²) in [6, 6.07) is 1.59. The average molecular weight is 284 g/mol. The molecule has 0 saturated carbocycles. The summed E-state index contributed by atoms with van der Waals surface area (Å²) in [5.74, 6) is -1.00. The van der Waals surface area contributed by atoms with Crippen LogP contribution in [0.4, 0.5) is 0 Å². The zero-order chi connectivity index (χ0) is 14.8. The van der Waals surface area contributed by atoms with Gasteiger partial charge in [-0.05, 0) is 37.9 Å². The van der Waals surface area contributed by atoms with Gasteiger partial charge in [0, 0.05) is 5.69 Å². The molecule has 1 unspecified atom stereocenters. The van der Waals surface area contributed by atoms with Crippen LogP contribution >= 0.6 is 0 Å². The van der Waals surface area contributed by atoms with Gasteiger partial charge in [0.15, 0.2) is 14.7 Å². The lowest BCUT2D eigenvalue weighted by atomic mass is 9.91. The summed E-state index contributed by atoms with van der Waals surface area (Å²) in [7, 11) is -1.23. The van der Waals surface area contributed by atoms with Gasteiger partial charge in [0.1, 0.15) is 6.23 Å². The van der Waals surface area contributed by atoms with Crippen molar-refractivity contribution < 1.29 is 14.3 Å². The van der Waals surface area contributed by atoms with E-state index in [4.69, 9.17) is 9.53 Å². The molecular formula is C13H24N2O3Si. The number of carboxylic acid groups (broad SMARTS) is 1. The van der Waals surface area contributed by atoms with Crippen molar-refractivity contribution >= 4 is 15.0 Å². The highest BCUT2D eigenvalue weighted by molar-refractivity contribution is 6.48. The molecule has 0 aliphatic carbocycles. The van der Waals surface area contributed by atoms with E-state index in [0.29, 0.717) is 0 Å². The lowest BCUT2D eigenvalue weighted by Crippen LogP contribution is -2.26. The molecule has 1 atom stereocenters. The van der Waals surface area contributed by atoms with Crippen molar-refractivity contribution in [3.63, 3.8) is 0 Å². The smallest absolute Gasteiger partial charge is 0.356 e. The number of rotatable bonds is 5. The van der Waals surface area contributed by atoms with Gasteiger partial charge in [0.25, 0.3) is 0 Å². The molecule has 1 aromatic heterocycles. The lowest BCUT2D eigenvalue weighted by molar-refractivity contribution is 0.0643. The summed E-state index contributed by atoms with van der Waals surface area (Å²) in [6.45, 7) is 12.5. The van der Waals surface area contributed by atoms with Gasteiger partial charge in [0.2, 0.25) is 0 Å². The van der Waals surface area contributed by atoms with Crippen molar-refractivity contribution in [3.05, 3.63) is 17.5 Å². The number of carbonyl (C=O) groups is 1. The van der Waals surface area contributed by atoms with E-state index in [1.165, 1.54) is 0 Å². The molecule has 0 bridgehead atoms. The molecule has 1 N–H and O–H groups in total. The van der Waals surface area contributed by atoms with Crippen LogP contribution in [0.25, 0.3) is 0 Å². The normalized spacial score (nSPS) is 13.8. The monoisotopic (exact) mass is 284 g/mol. The Labute approximate surface area is 116 Å². The Morgan fingerprint density at radius 3 is 2.47 bits per heavy atom. The standard InChI is InChI=1S/C13H24N2O3Si/c1-9-7-10(12(16)17)14-15(9)11(18-19(5)6)8-13(2,3)4/h7,11,19H,8H2,1-6H3,(H,16,17). The van der Waals surface area contributed by atoms with Crippen molar-refractivity contribution in [3.8, 4) is 0 Å². The maximum Gasteiger partial charge on any atom is 0.356 e. The Hall–Kier alpha value is -1.14. The Bertz CT molecular complexity index is 449. The fourth-order valence-electron chi connectivity index (χ4n) is 1.91. The number of hydrogen-bond acceptors (Lipinski definition) is 3. The van der Waals surface area contributed by atoms with Gasteiger partial charge in [-0.1, -0.05) is 20.8 Å². The number of hydrogen-bond donors (Lipinski definition) is 1. The second kappa shape index (κ2) is 5.88. The molecule has 0 radical (unpaired) electrons. The molecule has 0 aliphatic heterocycles. The molecular weight excluding hydrogens is 260 g/mol. The Morgan fingerprint density at radius 2 is 2.11 bits per heavy atom. The van der Waals surface area contributed by atoms with Crippen molar-refractivity contribution in [2.75, 3.05) is 0 Å². The van der Waals surface area contributed by atoms with Crippen molar-refractivity contribution in [1.29, 1.82) is 0 Å². The highest BCUT2D eigenvalue weighted by Gasteiger charge is 2.24. The predicted octanol–water partition coefficient (Wildman–Crippen LogP) is 2.82. The molecule has 0 aliphatic rings. The van der Waals surface area contributed by atoms with Crippen LogP contribution in [0.5, 0.6) is 0 Å². The minimum atomic E-state index is -1.23. The fourth-order valence-corrected chi connectivity index (χ4v) is 2.75. The van der Waals surface area contributed by atoms with Gasteiger partial charge in [0.05, 0.1) is 0 Å². The van der Waals surface area contributed by atoms with E-state index in [1.54, 1.807) is 10.7 Å². The third-order valence-electron chi connectivity index (χ3n) is 2.63. The predicted molar refractivity (Wildman–Crippen MR) is 77.0 cm³/mol. The van der Waals surface area contributed by atoms with Crippen LogP contribution in [0.15, 0.2) is 6.07 Å².